The Morgan fingerprint density at radius 3 is 2.38 bits per heavy atom. The zero-order chi connectivity index (χ0) is 18.5. The lowest BCUT2D eigenvalue weighted by Crippen LogP contribution is -2.30. The Kier molecular flexibility index (Phi) is 5.37. The molecule has 3 rings (SSSR count). The van der Waals surface area contributed by atoms with Crippen molar-refractivity contribution in [3.05, 3.63) is 72.6 Å². The first-order valence-electron chi connectivity index (χ1n) is 8.87. The van der Waals surface area contributed by atoms with E-state index < -0.39 is 0 Å². The van der Waals surface area contributed by atoms with E-state index in [0.29, 0.717) is 11.7 Å². The number of rotatable bonds is 6. The van der Waals surface area contributed by atoms with Gasteiger partial charge >= 0.3 is 0 Å². The number of hydrogen-bond donors (Lipinski definition) is 1. The van der Waals surface area contributed by atoms with Gasteiger partial charge in [0.15, 0.2) is 5.69 Å². The van der Waals surface area contributed by atoms with Gasteiger partial charge in [-0.05, 0) is 63.2 Å². The molecule has 0 unspecified atom stereocenters. The third kappa shape index (κ3) is 3.94. The first kappa shape index (κ1) is 17.7. The van der Waals surface area contributed by atoms with Crippen LogP contribution >= 0.6 is 0 Å². The molecule has 0 aliphatic rings. The molecule has 0 spiro atoms. The minimum atomic E-state index is -0.219. The van der Waals surface area contributed by atoms with Gasteiger partial charge in [0.2, 0.25) is 0 Å². The van der Waals surface area contributed by atoms with Gasteiger partial charge in [-0.3, -0.25) is 4.79 Å². The van der Waals surface area contributed by atoms with Gasteiger partial charge in [0.25, 0.3) is 5.91 Å². The number of para-hydroxylation sites is 1. The zero-order valence-electron chi connectivity index (χ0n) is 15.4. The van der Waals surface area contributed by atoms with E-state index in [-0.39, 0.29) is 5.91 Å². The molecule has 0 radical (unpaired) electrons. The van der Waals surface area contributed by atoms with Crippen LogP contribution in [0.1, 0.15) is 31.3 Å². The fourth-order valence-corrected chi connectivity index (χ4v) is 2.95. The van der Waals surface area contributed by atoms with Gasteiger partial charge in [-0.2, -0.15) is 5.10 Å². The van der Waals surface area contributed by atoms with Crippen molar-refractivity contribution in [1.82, 2.24) is 9.78 Å². The first-order valence-corrected chi connectivity index (χ1v) is 8.87. The van der Waals surface area contributed by atoms with Crippen LogP contribution in [-0.4, -0.2) is 28.3 Å². The zero-order valence-corrected chi connectivity index (χ0v) is 15.4. The summed E-state index contributed by atoms with van der Waals surface area (Å²) in [6.07, 6.45) is 1.79. The van der Waals surface area contributed by atoms with Crippen molar-refractivity contribution in [2.45, 2.75) is 26.8 Å². The summed E-state index contributed by atoms with van der Waals surface area (Å²) in [4.78, 5) is 14.7. The van der Waals surface area contributed by atoms with Crippen LogP contribution in [0.4, 0.5) is 11.4 Å². The highest BCUT2D eigenvalue weighted by molar-refractivity contribution is 6.02. The molecule has 0 saturated heterocycles. The summed E-state index contributed by atoms with van der Waals surface area (Å²) < 4.78 is 1.69. The molecule has 1 N–H and O–H groups in total. The lowest BCUT2D eigenvalue weighted by Gasteiger charge is -2.27. The van der Waals surface area contributed by atoms with Crippen LogP contribution in [0.2, 0.25) is 0 Å². The van der Waals surface area contributed by atoms with Crippen molar-refractivity contribution in [2.24, 2.45) is 0 Å². The van der Waals surface area contributed by atoms with E-state index in [4.69, 9.17) is 0 Å². The molecule has 134 valence electrons. The molecule has 1 heterocycles. The van der Waals surface area contributed by atoms with Gasteiger partial charge in [0.05, 0.1) is 5.69 Å². The SMILES string of the molecule is CCN(c1ccc(NC(=O)c2ccn(-c3ccccc3)n2)cc1)C(C)C. The minimum Gasteiger partial charge on any atom is -0.369 e. The van der Waals surface area contributed by atoms with Crippen LogP contribution in [0, 0.1) is 0 Å². The maximum Gasteiger partial charge on any atom is 0.276 e. The van der Waals surface area contributed by atoms with E-state index in [2.05, 4.69) is 36.1 Å². The number of benzene rings is 2. The topological polar surface area (TPSA) is 50.2 Å². The van der Waals surface area contributed by atoms with Gasteiger partial charge in [-0.15, -0.1) is 0 Å². The molecule has 0 aliphatic carbocycles. The summed E-state index contributed by atoms with van der Waals surface area (Å²) in [6.45, 7) is 7.42. The standard InChI is InChI=1S/C21H24N4O/c1-4-24(16(2)3)18-12-10-17(11-13-18)22-21(26)20-14-15-25(23-20)19-8-6-5-7-9-19/h5-16H,4H2,1-3H3,(H,22,26). The van der Waals surface area contributed by atoms with Gasteiger partial charge in [0, 0.05) is 30.2 Å². The minimum absolute atomic E-state index is 0.219. The molecule has 26 heavy (non-hydrogen) atoms. The van der Waals surface area contributed by atoms with Gasteiger partial charge in [0.1, 0.15) is 0 Å². The highest BCUT2D eigenvalue weighted by Crippen LogP contribution is 2.20. The van der Waals surface area contributed by atoms with Crippen molar-refractivity contribution < 1.29 is 4.79 Å². The highest BCUT2D eigenvalue weighted by atomic mass is 16.1. The van der Waals surface area contributed by atoms with E-state index in [1.807, 2.05) is 54.6 Å². The van der Waals surface area contributed by atoms with Crippen LogP contribution in [-0.2, 0) is 0 Å². The average Bonchev–Trinajstić information content (AvgIpc) is 3.14. The Morgan fingerprint density at radius 1 is 1.08 bits per heavy atom. The predicted molar refractivity (Wildman–Crippen MR) is 106 cm³/mol. The normalized spacial score (nSPS) is 10.8. The molecular formula is C21H24N4O. The Morgan fingerprint density at radius 2 is 1.77 bits per heavy atom. The second-order valence-electron chi connectivity index (χ2n) is 6.36. The molecule has 0 aliphatic heterocycles. The van der Waals surface area contributed by atoms with Crippen LogP contribution < -0.4 is 10.2 Å². The molecular weight excluding hydrogens is 324 g/mol. The van der Waals surface area contributed by atoms with Crippen molar-refractivity contribution >= 4 is 17.3 Å². The average molecular weight is 348 g/mol. The van der Waals surface area contributed by atoms with E-state index in [1.165, 1.54) is 0 Å². The molecule has 2 aromatic carbocycles. The van der Waals surface area contributed by atoms with Gasteiger partial charge in [-0.1, -0.05) is 18.2 Å². The predicted octanol–water partition coefficient (Wildman–Crippen LogP) is 4.36. The number of anilines is 2. The molecule has 1 amide bonds. The molecule has 5 heteroatoms. The molecule has 3 aromatic rings. The van der Waals surface area contributed by atoms with Crippen LogP contribution in [0.25, 0.3) is 5.69 Å². The molecule has 0 atom stereocenters. The highest BCUT2D eigenvalue weighted by Gasteiger charge is 2.12. The molecule has 0 saturated carbocycles. The summed E-state index contributed by atoms with van der Waals surface area (Å²) >= 11 is 0. The Hall–Kier alpha value is -3.08. The lowest BCUT2D eigenvalue weighted by atomic mass is 10.2. The summed E-state index contributed by atoms with van der Waals surface area (Å²) in [5.41, 5.74) is 3.21. The molecule has 1 aromatic heterocycles. The van der Waals surface area contributed by atoms with Gasteiger partial charge in [-0.25, -0.2) is 4.68 Å². The quantitative estimate of drug-likeness (QED) is 0.720. The summed E-state index contributed by atoms with van der Waals surface area (Å²) in [6, 6.07) is 19.8. The molecule has 5 nitrogen and oxygen atoms in total. The summed E-state index contributed by atoms with van der Waals surface area (Å²) in [5, 5.41) is 7.26. The van der Waals surface area contributed by atoms with Crippen LogP contribution in [0.5, 0.6) is 0 Å². The van der Waals surface area contributed by atoms with E-state index in [9.17, 15) is 4.79 Å². The first-order chi connectivity index (χ1) is 12.6. The summed E-state index contributed by atoms with van der Waals surface area (Å²) in [7, 11) is 0. The van der Waals surface area contributed by atoms with Crippen molar-refractivity contribution in [1.29, 1.82) is 0 Å². The largest absolute Gasteiger partial charge is 0.369 e. The van der Waals surface area contributed by atoms with E-state index in [1.54, 1.807) is 16.9 Å². The lowest BCUT2D eigenvalue weighted by molar-refractivity contribution is 0.102. The smallest absolute Gasteiger partial charge is 0.276 e. The maximum atomic E-state index is 12.4. The number of amides is 1. The van der Waals surface area contributed by atoms with Crippen LogP contribution in [0.3, 0.4) is 0 Å². The van der Waals surface area contributed by atoms with Crippen molar-refractivity contribution in [3.8, 4) is 5.69 Å². The fraction of sp³-hybridized carbons (Fsp3) is 0.238. The Balaban J connectivity index is 1.69. The number of carbonyl (C=O) groups excluding carboxylic acids is 1. The number of aromatic nitrogens is 2. The monoisotopic (exact) mass is 348 g/mol. The maximum absolute atomic E-state index is 12.4. The number of carbonyl (C=O) groups is 1. The van der Waals surface area contributed by atoms with Crippen molar-refractivity contribution in [2.75, 3.05) is 16.8 Å². The third-order valence-corrected chi connectivity index (χ3v) is 4.26. The Labute approximate surface area is 154 Å². The molecule has 0 fully saturated rings. The van der Waals surface area contributed by atoms with E-state index in [0.717, 1.165) is 23.6 Å². The number of nitrogens with one attached hydrogen (secondary N) is 1. The summed E-state index contributed by atoms with van der Waals surface area (Å²) in [5.74, 6) is -0.219. The van der Waals surface area contributed by atoms with E-state index >= 15 is 0 Å². The second-order valence-corrected chi connectivity index (χ2v) is 6.36. The fourth-order valence-electron chi connectivity index (χ4n) is 2.95. The van der Waals surface area contributed by atoms with Gasteiger partial charge < -0.3 is 10.2 Å². The number of hydrogen-bond acceptors (Lipinski definition) is 3. The second kappa shape index (κ2) is 7.87. The van der Waals surface area contributed by atoms with Crippen molar-refractivity contribution in [3.63, 3.8) is 0 Å². The third-order valence-electron chi connectivity index (χ3n) is 4.26. The molecule has 0 bridgehead atoms. The Bertz CT molecular complexity index is 853. The number of nitrogens with zero attached hydrogens (tertiary/aromatic N) is 3. The van der Waals surface area contributed by atoms with Crippen LogP contribution in [0.15, 0.2) is 66.9 Å².